The number of amides is 1. The van der Waals surface area contributed by atoms with Gasteiger partial charge >= 0.3 is 0 Å². The summed E-state index contributed by atoms with van der Waals surface area (Å²) in [7, 11) is 1.94. The fraction of sp³-hybridized carbons (Fsp3) is 0.0952. The van der Waals surface area contributed by atoms with E-state index >= 15 is 0 Å². The number of fused-ring (bicyclic) bond motifs is 1. The van der Waals surface area contributed by atoms with Crippen molar-refractivity contribution in [3.63, 3.8) is 0 Å². The van der Waals surface area contributed by atoms with Gasteiger partial charge in [-0.1, -0.05) is 18.2 Å². The van der Waals surface area contributed by atoms with Gasteiger partial charge in [-0.15, -0.1) is 0 Å². The van der Waals surface area contributed by atoms with Gasteiger partial charge in [0.05, 0.1) is 34.3 Å². The maximum absolute atomic E-state index is 10.8. The molecule has 0 aliphatic carbocycles. The summed E-state index contributed by atoms with van der Waals surface area (Å²) in [5.41, 5.74) is 6.43. The average molecular weight is 357 g/mol. The van der Waals surface area contributed by atoms with Crippen LogP contribution in [0.25, 0.3) is 22.6 Å². The van der Waals surface area contributed by atoms with Crippen molar-refractivity contribution in [2.75, 3.05) is 17.3 Å². The Kier molecular flexibility index (Phi) is 4.30. The lowest BCUT2D eigenvalue weighted by molar-refractivity contribution is -0.105. The Morgan fingerprint density at radius 1 is 1.11 bits per heavy atom. The number of benzene rings is 2. The number of imidazole rings is 1. The van der Waals surface area contributed by atoms with Crippen LogP contribution < -0.4 is 10.2 Å². The van der Waals surface area contributed by atoms with Gasteiger partial charge in [0, 0.05) is 7.05 Å². The van der Waals surface area contributed by atoms with E-state index in [0.29, 0.717) is 6.41 Å². The van der Waals surface area contributed by atoms with Crippen LogP contribution in [0.15, 0.2) is 60.8 Å². The minimum absolute atomic E-state index is 0.678. The number of pyridine rings is 1. The molecule has 4 rings (SSSR count). The summed E-state index contributed by atoms with van der Waals surface area (Å²) in [5.74, 6) is 0.743. The van der Waals surface area contributed by atoms with E-state index < -0.39 is 0 Å². The summed E-state index contributed by atoms with van der Waals surface area (Å²) in [6.07, 6.45) is 2.47. The molecule has 0 saturated heterocycles. The maximum Gasteiger partial charge on any atom is 0.211 e. The third-order valence-corrected chi connectivity index (χ3v) is 4.50. The fourth-order valence-electron chi connectivity index (χ4n) is 3.06. The molecule has 2 N–H and O–H groups in total. The molecule has 1 amide bonds. The van der Waals surface area contributed by atoms with Crippen molar-refractivity contribution in [2.45, 2.75) is 6.92 Å². The first-order valence-corrected chi connectivity index (χ1v) is 8.61. The molecule has 2 heterocycles. The minimum Gasteiger partial charge on any atom is -0.342 e. The van der Waals surface area contributed by atoms with E-state index in [4.69, 9.17) is 0 Å². The van der Waals surface area contributed by atoms with Gasteiger partial charge in [0.15, 0.2) is 5.82 Å². The minimum atomic E-state index is 0.678. The first-order chi connectivity index (χ1) is 13.2. The number of hydrogen-bond donors (Lipinski definition) is 2. The number of aromatic amines is 1. The van der Waals surface area contributed by atoms with E-state index in [9.17, 15) is 4.79 Å². The molecule has 0 spiro atoms. The number of H-pyrrole nitrogens is 1. The van der Waals surface area contributed by atoms with Crippen LogP contribution in [0.1, 0.15) is 5.56 Å². The van der Waals surface area contributed by atoms with Gasteiger partial charge in [0.25, 0.3) is 0 Å². The Labute approximate surface area is 156 Å². The van der Waals surface area contributed by atoms with Crippen molar-refractivity contribution in [2.24, 2.45) is 0 Å². The monoisotopic (exact) mass is 357 g/mol. The van der Waals surface area contributed by atoms with E-state index in [2.05, 4.69) is 33.3 Å². The van der Waals surface area contributed by atoms with Gasteiger partial charge in [0.1, 0.15) is 5.69 Å². The first kappa shape index (κ1) is 16.8. The van der Waals surface area contributed by atoms with E-state index in [1.54, 1.807) is 6.20 Å². The number of aryl methyl sites for hydroxylation is 1. The Bertz CT molecular complexity index is 1100. The molecule has 0 bridgehead atoms. The normalized spacial score (nSPS) is 10.7. The van der Waals surface area contributed by atoms with E-state index in [0.717, 1.165) is 39.6 Å². The van der Waals surface area contributed by atoms with Crippen LogP contribution in [0, 0.1) is 6.92 Å². The Balaban J connectivity index is 1.64. The molecular formula is C21H19N5O. The van der Waals surface area contributed by atoms with Gasteiger partial charge in [-0.25, -0.2) is 4.98 Å². The molecule has 0 saturated carbocycles. The molecular weight excluding hydrogens is 338 g/mol. The molecule has 27 heavy (non-hydrogen) atoms. The zero-order valence-electron chi connectivity index (χ0n) is 15.1. The van der Waals surface area contributed by atoms with Crippen LogP contribution in [0.3, 0.4) is 0 Å². The Morgan fingerprint density at radius 2 is 1.96 bits per heavy atom. The topological polar surface area (TPSA) is 73.9 Å². The molecule has 2 aromatic carbocycles. The second kappa shape index (κ2) is 6.92. The van der Waals surface area contributed by atoms with Gasteiger partial charge in [0.2, 0.25) is 6.41 Å². The fourth-order valence-corrected chi connectivity index (χ4v) is 3.06. The smallest absolute Gasteiger partial charge is 0.211 e. The van der Waals surface area contributed by atoms with Crippen LogP contribution in [-0.4, -0.2) is 28.4 Å². The highest BCUT2D eigenvalue weighted by Gasteiger charge is 2.11. The molecule has 0 atom stereocenters. The molecule has 0 unspecified atom stereocenters. The molecule has 2 aromatic heterocycles. The number of para-hydroxylation sites is 2. The summed E-state index contributed by atoms with van der Waals surface area (Å²) in [5, 5.41) is 2.73. The highest BCUT2D eigenvalue weighted by molar-refractivity contribution is 5.84. The highest BCUT2D eigenvalue weighted by atomic mass is 16.1. The molecule has 0 aliphatic heterocycles. The van der Waals surface area contributed by atoms with Crippen LogP contribution in [0.2, 0.25) is 0 Å². The quantitative estimate of drug-likeness (QED) is 0.523. The van der Waals surface area contributed by atoms with Crippen molar-refractivity contribution in [3.05, 3.63) is 66.4 Å². The summed E-state index contributed by atoms with van der Waals surface area (Å²) in [4.78, 5) is 25.3. The molecule has 134 valence electrons. The van der Waals surface area contributed by atoms with Crippen LogP contribution in [-0.2, 0) is 4.79 Å². The van der Waals surface area contributed by atoms with Crippen LogP contribution in [0.5, 0.6) is 0 Å². The molecule has 4 aromatic rings. The Hall–Kier alpha value is -3.67. The predicted molar refractivity (Wildman–Crippen MR) is 108 cm³/mol. The standard InChI is InChI=1S/C21H19N5O/c1-14-7-9-16-19(11-14)25-21(24-16)18-10-8-15(12-22-18)26(2)20-6-4-3-5-17(20)23-13-27/h3-13H,1-2H3,(H,23,27)(H,24,25). The molecule has 6 heteroatoms. The zero-order valence-corrected chi connectivity index (χ0v) is 15.1. The van der Waals surface area contributed by atoms with Crippen molar-refractivity contribution >= 4 is 34.5 Å². The van der Waals surface area contributed by atoms with Crippen LogP contribution >= 0.6 is 0 Å². The summed E-state index contributed by atoms with van der Waals surface area (Å²) >= 11 is 0. The predicted octanol–water partition coefficient (Wildman–Crippen LogP) is 4.27. The average Bonchev–Trinajstić information content (AvgIpc) is 3.11. The largest absolute Gasteiger partial charge is 0.342 e. The van der Waals surface area contributed by atoms with E-state index in [1.165, 1.54) is 5.56 Å². The third-order valence-electron chi connectivity index (χ3n) is 4.50. The Morgan fingerprint density at radius 3 is 2.74 bits per heavy atom. The molecule has 0 fully saturated rings. The van der Waals surface area contributed by atoms with Gasteiger partial charge in [-0.2, -0.15) is 0 Å². The molecule has 0 radical (unpaired) electrons. The lowest BCUT2D eigenvalue weighted by atomic mass is 10.2. The van der Waals surface area contributed by atoms with Crippen molar-refractivity contribution in [1.29, 1.82) is 0 Å². The van der Waals surface area contributed by atoms with Crippen molar-refractivity contribution in [3.8, 4) is 11.5 Å². The van der Waals surface area contributed by atoms with Gasteiger partial charge < -0.3 is 15.2 Å². The number of carbonyl (C=O) groups excluding carboxylic acids is 1. The molecule has 6 nitrogen and oxygen atoms in total. The number of hydrogen-bond acceptors (Lipinski definition) is 4. The first-order valence-electron chi connectivity index (χ1n) is 8.61. The second-order valence-corrected chi connectivity index (χ2v) is 6.35. The van der Waals surface area contributed by atoms with Gasteiger partial charge in [-0.05, 0) is 48.9 Å². The SMILES string of the molecule is Cc1ccc2nc(-c3ccc(N(C)c4ccccc4NC=O)cn3)[nH]c2c1. The molecule has 0 aliphatic rings. The summed E-state index contributed by atoms with van der Waals surface area (Å²) in [6, 6.07) is 17.7. The number of rotatable bonds is 5. The summed E-state index contributed by atoms with van der Waals surface area (Å²) < 4.78 is 0. The number of nitrogens with one attached hydrogen (secondary N) is 2. The maximum atomic E-state index is 10.8. The summed E-state index contributed by atoms with van der Waals surface area (Å²) in [6.45, 7) is 2.06. The lowest BCUT2D eigenvalue weighted by Gasteiger charge is -2.21. The van der Waals surface area contributed by atoms with Crippen molar-refractivity contribution < 1.29 is 4.79 Å². The number of nitrogens with zero attached hydrogens (tertiary/aromatic N) is 3. The highest BCUT2D eigenvalue weighted by Crippen LogP contribution is 2.30. The number of anilines is 3. The zero-order chi connectivity index (χ0) is 18.8. The lowest BCUT2D eigenvalue weighted by Crippen LogP contribution is -2.12. The van der Waals surface area contributed by atoms with E-state index in [-0.39, 0.29) is 0 Å². The second-order valence-electron chi connectivity index (χ2n) is 6.35. The van der Waals surface area contributed by atoms with Gasteiger partial charge in [-0.3, -0.25) is 9.78 Å². The number of carbonyl (C=O) groups is 1. The van der Waals surface area contributed by atoms with E-state index in [1.807, 2.05) is 60.5 Å². The van der Waals surface area contributed by atoms with Crippen molar-refractivity contribution in [1.82, 2.24) is 15.0 Å². The van der Waals surface area contributed by atoms with Crippen LogP contribution in [0.4, 0.5) is 17.1 Å². The third kappa shape index (κ3) is 3.25. The number of aromatic nitrogens is 3.